The summed E-state index contributed by atoms with van der Waals surface area (Å²) in [5, 5.41) is 1.96. The minimum absolute atomic E-state index is 0.279. The van der Waals surface area contributed by atoms with E-state index < -0.39 is 51.0 Å². The topological polar surface area (TPSA) is 89.5 Å². The van der Waals surface area contributed by atoms with Gasteiger partial charge in [-0.25, -0.2) is 26.4 Å². The fraction of sp³-hybridized carbons (Fsp3) is 0.176. The van der Waals surface area contributed by atoms with Gasteiger partial charge in [-0.15, -0.1) is 0 Å². The van der Waals surface area contributed by atoms with Crippen LogP contribution in [0.4, 0.5) is 18.9 Å². The number of carbonyl (C=O) groups is 2. The van der Waals surface area contributed by atoms with Crippen LogP contribution in [0.2, 0.25) is 0 Å². The van der Waals surface area contributed by atoms with E-state index in [4.69, 9.17) is 4.74 Å². The van der Waals surface area contributed by atoms with Crippen molar-refractivity contribution in [2.24, 2.45) is 0 Å². The van der Waals surface area contributed by atoms with Crippen LogP contribution in [0.5, 0.6) is 0 Å². The molecule has 0 unspecified atom stereocenters. The molecule has 0 aliphatic heterocycles. The van der Waals surface area contributed by atoms with Gasteiger partial charge in [0.1, 0.15) is 0 Å². The average molecular weight is 401 g/mol. The number of hydrogen-bond acceptors (Lipinski definition) is 5. The Morgan fingerprint density at radius 2 is 1.67 bits per heavy atom. The number of sulfone groups is 1. The van der Waals surface area contributed by atoms with Crippen LogP contribution in [0.15, 0.2) is 41.3 Å². The van der Waals surface area contributed by atoms with Crippen LogP contribution in [0.3, 0.4) is 0 Å². The van der Waals surface area contributed by atoms with Crippen molar-refractivity contribution in [1.29, 1.82) is 0 Å². The predicted octanol–water partition coefficient (Wildman–Crippen LogP) is 2.69. The average Bonchev–Trinajstić information content (AvgIpc) is 2.61. The van der Waals surface area contributed by atoms with E-state index in [1.165, 1.54) is 24.3 Å². The quantitative estimate of drug-likeness (QED) is 0.615. The Labute approximate surface area is 152 Å². The molecule has 144 valence electrons. The van der Waals surface area contributed by atoms with E-state index in [9.17, 15) is 31.2 Å². The summed E-state index contributed by atoms with van der Waals surface area (Å²) in [5.41, 5.74) is -0.919. The Balaban J connectivity index is 2.16. The van der Waals surface area contributed by atoms with Gasteiger partial charge in [0.15, 0.2) is 33.4 Å². The van der Waals surface area contributed by atoms with Crippen LogP contribution < -0.4 is 5.32 Å². The second kappa shape index (κ2) is 7.78. The molecule has 0 radical (unpaired) electrons. The van der Waals surface area contributed by atoms with Crippen molar-refractivity contribution in [2.45, 2.75) is 17.9 Å². The van der Waals surface area contributed by atoms with Gasteiger partial charge in [-0.2, -0.15) is 0 Å². The predicted molar refractivity (Wildman–Crippen MR) is 89.4 cm³/mol. The van der Waals surface area contributed by atoms with Crippen molar-refractivity contribution in [3.8, 4) is 0 Å². The SMILES string of the molecule is C[C@@H](OC(=O)c1ccccc1S(C)(=O)=O)C(=O)Nc1ccc(F)c(F)c1F. The van der Waals surface area contributed by atoms with Gasteiger partial charge in [-0.1, -0.05) is 12.1 Å². The first kappa shape index (κ1) is 20.4. The fourth-order valence-electron chi connectivity index (χ4n) is 2.09. The standard InChI is InChI=1S/C17H14F3NO5S/c1-9(16(22)21-12-8-7-11(18)14(19)15(12)20)26-17(23)10-5-3-4-6-13(10)27(2,24)25/h3-9H,1-2H3,(H,21,22)/t9-/m1/s1. The summed E-state index contributed by atoms with van der Waals surface area (Å²) in [6.07, 6.45) is -0.571. The van der Waals surface area contributed by atoms with E-state index in [2.05, 4.69) is 0 Å². The normalized spacial score (nSPS) is 12.3. The van der Waals surface area contributed by atoms with Gasteiger partial charge in [0.2, 0.25) is 0 Å². The number of amides is 1. The molecule has 2 aromatic rings. The Hall–Kier alpha value is -2.88. The van der Waals surface area contributed by atoms with E-state index in [1.54, 1.807) is 0 Å². The first-order valence-electron chi connectivity index (χ1n) is 7.46. The van der Waals surface area contributed by atoms with E-state index >= 15 is 0 Å². The van der Waals surface area contributed by atoms with Gasteiger partial charge in [0.05, 0.1) is 16.1 Å². The summed E-state index contributed by atoms with van der Waals surface area (Å²) in [6, 6.07) is 6.65. The third-order valence-corrected chi connectivity index (χ3v) is 4.61. The highest BCUT2D eigenvalue weighted by molar-refractivity contribution is 7.90. The number of ether oxygens (including phenoxy) is 1. The zero-order chi connectivity index (χ0) is 20.4. The molecule has 0 aromatic heterocycles. The molecule has 0 aliphatic carbocycles. The van der Waals surface area contributed by atoms with Gasteiger partial charge in [-0.3, -0.25) is 4.79 Å². The number of nitrogens with one attached hydrogen (secondary N) is 1. The number of esters is 1. The molecule has 0 heterocycles. The second-order valence-corrected chi connectivity index (χ2v) is 7.51. The minimum atomic E-state index is -3.73. The lowest BCUT2D eigenvalue weighted by Crippen LogP contribution is -2.30. The molecule has 6 nitrogen and oxygen atoms in total. The first-order chi connectivity index (χ1) is 12.5. The number of rotatable bonds is 5. The van der Waals surface area contributed by atoms with Gasteiger partial charge in [-0.05, 0) is 31.2 Å². The van der Waals surface area contributed by atoms with Gasteiger partial charge >= 0.3 is 5.97 Å². The van der Waals surface area contributed by atoms with Gasteiger partial charge in [0.25, 0.3) is 5.91 Å². The summed E-state index contributed by atoms with van der Waals surface area (Å²) >= 11 is 0. The largest absolute Gasteiger partial charge is 0.449 e. The molecule has 0 spiro atoms. The Kier molecular flexibility index (Phi) is 5.89. The molecule has 0 fully saturated rings. The summed E-state index contributed by atoms with van der Waals surface area (Å²) in [6.45, 7) is 1.15. The van der Waals surface area contributed by atoms with Crippen molar-refractivity contribution in [1.82, 2.24) is 0 Å². The minimum Gasteiger partial charge on any atom is -0.449 e. The maximum atomic E-state index is 13.6. The zero-order valence-corrected chi connectivity index (χ0v) is 14.9. The Bertz CT molecular complexity index is 1010. The molecule has 0 saturated carbocycles. The van der Waals surface area contributed by atoms with Crippen molar-refractivity contribution in [3.63, 3.8) is 0 Å². The zero-order valence-electron chi connectivity index (χ0n) is 14.1. The number of anilines is 1. The molecule has 0 aliphatic rings. The third-order valence-electron chi connectivity index (χ3n) is 3.45. The van der Waals surface area contributed by atoms with Crippen LogP contribution in [-0.2, 0) is 19.4 Å². The molecule has 27 heavy (non-hydrogen) atoms. The van der Waals surface area contributed by atoms with E-state index in [-0.39, 0.29) is 10.5 Å². The maximum absolute atomic E-state index is 13.6. The molecule has 2 aromatic carbocycles. The van der Waals surface area contributed by atoms with Crippen LogP contribution in [0.1, 0.15) is 17.3 Å². The van der Waals surface area contributed by atoms with Crippen LogP contribution in [0.25, 0.3) is 0 Å². The van der Waals surface area contributed by atoms with Crippen LogP contribution in [-0.4, -0.2) is 32.7 Å². The van der Waals surface area contributed by atoms with Gasteiger partial charge in [0, 0.05) is 6.26 Å². The lowest BCUT2D eigenvalue weighted by Gasteiger charge is -2.15. The molecular formula is C17H14F3NO5S. The number of hydrogen-bond donors (Lipinski definition) is 1. The lowest BCUT2D eigenvalue weighted by molar-refractivity contribution is -0.123. The molecule has 1 N–H and O–H groups in total. The summed E-state index contributed by atoms with van der Waals surface area (Å²) in [5.74, 6) is -6.92. The molecule has 1 amide bonds. The number of carbonyl (C=O) groups excluding carboxylic acids is 2. The monoisotopic (exact) mass is 401 g/mol. The number of benzene rings is 2. The van der Waals surface area contributed by atoms with Crippen LogP contribution >= 0.6 is 0 Å². The molecular weight excluding hydrogens is 387 g/mol. The van der Waals surface area contributed by atoms with Crippen LogP contribution in [0, 0.1) is 17.5 Å². The fourth-order valence-corrected chi connectivity index (χ4v) is 2.97. The maximum Gasteiger partial charge on any atom is 0.340 e. The van der Waals surface area contributed by atoms with E-state index in [0.717, 1.165) is 19.2 Å². The first-order valence-corrected chi connectivity index (χ1v) is 9.36. The second-order valence-electron chi connectivity index (χ2n) is 5.53. The van der Waals surface area contributed by atoms with Crippen molar-refractivity contribution < 1.29 is 35.9 Å². The smallest absolute Gasteiger partial charge is 0.340 e. The highest BCUT2D eigenvalue weighted by atomic mass is 32.2. The van der Waals surface area contributed by atoms with Crippen molar-refractivity contribution in [3.05, 3.63) is 59.4 Å². The summed E-state index contributed by atoms with van der Waals surface area (Å²) in [4.78, 5) is 23.9. The van der Waals surface area contributed by atoms with Crippen molar-refractivity contribution >= 4 is 27.4 Å². The highest BCUT2D eigenvalue weighted by Crippen LogP contribution is 2.21. The molecule has 0 bridgehead atoms. The Morgan fingerprint density at radius 3 is 2.30 bits per heavy atom. The summed E-state index contributed by atoms with van der Waals surface area (Å²) < 4.78 is 68.0. The van der Waals surface area contributed by atoms with Crippen molar-refractivity contribution in [2.75, 3.05) is 11.6 Å². The van der Waals surface area contributed by atoms with E-state index in [1.807, 2.05) is 5.32 Å². The molecule has 10 heteroatoms. The lowest BCUT2D eigenvalue weighted by atomic mass is 10.2. The highest BCUT2D eigenvalue weighted by Gasteiger charge is 2.25. The molecule has 1 atom stereocenters. The molecule has 2 rings (SSSR count). The Morgan fingerprint density at radius 1 is 1.04 bits per heavy atom. The number of halogens is 3. The molecule has 0 saturated heterocycles. The summed E-state index contributed by atoms with van der Waals surface area (Å²) in [7, 11) is -3.73. The van der Waals surface area contributed by atoms with Gasteiger partial charge < -0.3 is 10.1 Å². The third kappa shape index (κ3) is 4.64. The van der Waals surface area contributed by atoms with E-state index in [0.29, 0.717) is 6.07 Å².